The van der Waals surface area contributed by atoms with Gasteiger partial charge in [0, 0.05) is 32.0 Å². The summed E-state index contributed by atoms with van der Waals surface area (Å²) in [5.41, 5.74) is 1.01. The van der Waals surface area contributed by atoms with Crippen molar-refractivity contribution < 1.29 is 30.5 Å². The standard InChI is InChI=1S/C16H18ClF3N4O4S/c1-10-4-5-11(28-29(25,26)16(18,19)20)8-13(10)24(6-3-7-27-2)14-12(17)9-22-15(21)23-14/h4-5,8-9H,3,6-7H2,1-2H3,(H2,21,22,23). The number of alkyl halides is 3. The van der Waals surface area contributed by atoms with Gasteiger partial charge in [-0.05, 0) is 25.0 Å². The van der Waals surface area contributed by atoms with Crippen molar-refractivity contribution in [2.24, 2.45) is 0 Å². The zero-order valence-corrected chi connectivity index (χ0v) is 17.0. The van der Waals surface area contributed by atoms with Gasteiger partial charge in [-0.25, -0.2) is 4.98 Å². The van der Waals surface area contributed by atoms with Gasteiger partial charge in [0.25, 0.3) is 0 Å². The third kappa shape index (κ3) is 5.61. The predicted molar refractivity (Wildman–Crippen MR) is 102 cm³/mol. The molecule has 0 bridgehead atoms. The number of benzene rings is 1. The van der Waals surface area contributed by atoms with Gasteiger partial charge in [-0.15, -0.1) is 0 Å². The molecular formula is C16H18ClF3N4O4S. The van der Waals surface area contributed by atoms with Crippen LogP contribution in [0.3, 0.4) is 0 Å². The highest BCUT2D eigenvalue weighted by Crippen LogP contribution is 2.36. The molecule has 0 aliphatic heterocycles. The average Bonchev–Trinajstić information content (AvgIpc) is 2.62. The third-order valence-corrected chi connectivity index (χ3v) is 4.94. The lowest BCUT2D eigenvalue weighted by atomic mass is 10.1. The van der Waals surface area contributed by atoms with Gasteiger partial charge in [0.15, 0.2) is 5.82 Å². The molecule has 160 valence electrons. The summed E-state index contributed by atoms with van der Waals surface area (Å²) in [5.74, 6) is -0.377. The van der Waals surface area contributed by atoms with Crippen LogP contribution in [0.2, 0.25) is 5.02 Å². The maximum Gasteiger partial charge on any atom is 0.534 e. The molecule has 13 heteroatoms. The number of aromatic nitrogens is 2. The highest BCUT2D eigenvalue weighted by Gasteiger charge is 2.48. The SMILES string of the molecule is COCCCN(c1cc(OS(=O)(=O)C(F)(F)F)ccc1C)c1nc(N)ncc1Cl. The average molecular weight is 455 g/mol. The Labute approximate surface area is 170 Å². The number of methoxy groups -OCH3 is 1. The molecule has 1 aromatic heterocycles. The Morgan fingerprint density at radius 3 is 2.62 bits per heavy atom. The first-order valence-electron chi connectivity index (χ1n) is 8.12. The molecule has 0 aliphatic carbocycles. The fourth-order valence-electron chi connectivity index (χ4n) is 2.37. The largest absolute Gasteiger partial charge is 0.534 e. The third-order valence-electron chi connectivity index (χ3n) is 3.69. The van der Waals surface area contributed by atoms with Crippen molar-refractivity contribution in [3.63, 3.8) is 0 Å². The van der Waals surface area contributed by atoms with E-state index in [1.165, 1.54) is 19.4 Å². The van der Waals surface area contributed by atoms with Crippen LogP contribution < -0.4 is 14.8 Å². The number of hydrogen-bond donors (Lipinski definition) is 1. The molecule has 0 saturated carbocycles. The molecule has 0 amide bonds. The second kappa shape index (κ2) is 9.01. The summed E-state index contributed by atoms with van der Waals surface area (Å²) >= 11 is 6.18. The van der Waals surface area contributed by atoms with E-state index in [4.69, 9.17) is 22.1 Å². The Morgan fingerprint density at radius 2 is 2.00 bits per heavy atom. The maximum atomic E-state index is 12.6. The number of nitrogens with zero attached hydrogens (tertiary/aromatic N) is 3. The van der Waals surface area contributed by atoms with Gasteiger partial charge in [-0.2, -0.15) is 26.6 Å². The van der Waals surface area contributed by atoms with Crippen LogP contribution in [0.25, 0.3) is 0 Å². The molecule has 0 fully saturated rings. The molecule has 1 aromatic carbocycles. The molecule has 8 nitrogen and oxygen atoms in total. The van der Waals surface area contributed by atoms with Crippen LogP contribution in [0, 0.1) is 6.92 Å². The summed E-state index contributed by atoms with van der Waals surface area (Å²) in [7, 11) is -4.30. The molecule has 0 unspecified atom stereocenters. The van der Waals surface area contributed by atoms with Crippen LogP contribution in [0.4, 0.5) is 30.6 Å². The van der Waals surface area contributed by atoms with Gasteiger partial charge in [0.2, 0.25) is 5.95 Å². The lowest BCUT2D eigenvalue weighted by Gasteiger charge is -2.26. The van der Waals surface area contributed by atoms with Crippen LogP contribution >= 0.6 is 11.6 Å². The predicted octanol–water partition coefficient (Wildman–Crippen LogP) is 3.42. The molecule has 29 heavy (non-hydrogen) atoms. The topological polar surface area (TPSA) is 108 Å². The van der Waals surface area contributed by atoms with E-state index in [9.17, 15) is 21.6 Å². The fraction of sp³-hybridized carbons (Fsp3) is 0.375. The number of anilines is 3. The summed E-state index contributed by atoms with van der Waals surface area (Å²) in [6.07, 6.45) is 1.79. The highest BCUT2D eigenvalue weighted by molar-refractivity contribution is 7.88. The summed E-state index contributed by atoms with van der Waals surface area (Å²) < 4.78 is 69.8. The quantitative estimate of drug-likeness (QED) is 0.367. The molecule has 0 radical (unpaired) electrons. The normalized spacial score (nSPS) is 12.1. The monoisotopic (exact) mass is 454 g/mol. The van der Waals surface area contributed by atoms with E-state index in [2.05, 4.69) is 14.2 Å². The van der Waals surface area contributed by atoms with Crippen molar-refractivity contribution in [2.45, 2.75) is 18.9 Å². The first kappa shape index (κ1) is 23.0. The van der Waals surface area contributed by atoms with Crippen LogP contribution in [0.15, 0.2) is 24.4 Å². The van der Waals surface area contributed by atoms with Crippen LogP contribution in [0.1, 0.15) is 12.0 Å². The number of nitrogens with two attached hydrogens (primary N) is 1. The van der Waals surface area contributed by atoms with E-state index < -0.39 is 21.4 Å². The van der Waals surface area contributed by atoms with E-state index in [-0.39, 0.29) is 16.8 Å². The second-order valence-electron chi connectivity index (χ2n) is 5.83. The minimum Gasteiger partial charge on any atom is -0.385 e. The zero-order chi connectivity index (χ0) is 21.8. The van der Waals surface area contributed by atoms with E-state index in [1.54, 1.807) is 11.8 Å². The number of ether oxygens (including phenoxy) is 1. The molecule has 0 spiro atoms. The van der Waals surface area contributed by atoms with Crippen LogP contribution in [-0.4, -0.2) is 44.2 Å². The minimum absolute atomic E-state index is 0.0640. The number of aryl methyl sites for hydroxylation is 1. The van der Waals surface area contributed by atoms with Crippen molar-refractivity contribution in [3.8, 4) is 5.75 Å². The molecular weight excluding hydrogens is 437 g/mol. The number of halogens is 4. The van der Waals surface area contributed by atoms with E-state index >= 15 is 0 Å². The lowest BCUT2D eigenvalue weighted by molar-refractivity contribution is -0.0500. The van der Waals surface area contributed by atoms with Gasteiger partial charge in [0.05, 0.1) is 6.20 Å². The summed E-state index contributed by atoms with van der Waals surface area (Å²) in [6.45, 7) is 2.35. The van der Waals surface area contributed by atoms with E-state index in [0.717, 1.165) is 12.1 Å². The van der Waals surface area contributed by atoms with Crippen molar-refractivity contribution >= 4 is 39.2 Å². The number of hydrogen-bond acceptors (Lipinski definition) is 8. The van der Waals surface area contributed by atoms with Crippen molar-refractivity contribution in [3.05, 3.63) is 35.0 Å². The van der Waals surface area contributed by atoms with Crippen molar-refractivity contribution in [1.82, 2.24) is 9.97 Å². The molecule has 2 N–H and O–H groups in total. The van der Waals surface area contributed by atoms with E-state index in [1.807, 2.05) is 0 Å². The Balaban J connectivity index is 2.51. The first-order chi connectivity index (χ1) is 13.5. The van der Waals surface area contributed by atoms with Gasteiger partial charge in [-0.3, -0.25) is 0 Å². The summed E-state index contributed by atoms with van der Waals surface area (Å²) in [4.78, 5) is 9.45. The highest BCUT2D eigenvalue weighted by atomic mass is 35.5. The Kier molecular flexibility index (Phi) is 7.14. The van der Waals surface area contributed by atoms with Gasteiger partial charge in [-0.1, -0.05) is 17.7 Å². The molecule has 2 rings (SSSR count). The Bertz CT molecular complexity index is 973. The number of rotatable bonds is 8. The molecule has 1 heterocycles. The molecule has 2 aromatic rings. The Morgan fingerprint density at radius 1 is 1.31 bits per heavy atom. The smallest absolute Gasteiger partial charge is 0.385 e. The zero-order valence-electron chi connectivity index (χ0n) is 15.4. The summed E-state index contributed by atoms with van der Waals surface area (Å²) in [5, 5.41) is 0.144. The maximum absolute atomic E-state index is 12.6. The molecule has 0 atom stereocenters. The fourth-order valence-corrected chi connectivity index (χ4v) is 3.02. The minimum atomic E-state index is -5.82. The Hall–Kier alpha value is -2.31. The molecule has 0 saturated heterocycles. The van der Waals surface area contributed by atoms with Gasteiger partial charge < -0.3 is 19.6 Å². The number of nitrogen functional groups attached to an aromatic ring is 1. The van der Waals surface area contributed by atoms with E-state index in [0.29, 0.717) is 30.8 Å². The van der Waals surface area contributed by atoms with Crippen molar-refractivity contribution in [2.75, 3.05) is 30.9 Å². The van der Waals surface area contributed by atoms with Crippen molar-refractivity contribution in [1.29, 1.82) is 0 Å². The van der Waals surface area contributed by atoms with Gasteiger partial charge in [0.1, 0.15) is 10.8 Å². The van der Waals surface area contributed by atoms with Gasteiger partial charge >= 0.3 is 15.6 Å². The summed E-state index contributed by atoms with van der Waals surface area (Å²) in [6, 6.07) is 3.68. The van der Waals surface area contributed by atoms with Crippen LogP contribution in [0.5, 0.6) is 5.75 Å². The first-order valence-corrected chi connectivity index (χ1v) is 9.91. The lowest BCUT2D eigenvalue weighted by Crippen LogP contribution is -2.28. The van der Waals surface area contributed by atoms with Crippen LogP contribution in [-0.2, 0) is 14.9 Å². The second-order valence-corrected chi connectivity index (χ2v) is 7.77. The molecule has 0 aliphatic rings.